The number of nitrogens with one attached hydrogen (secondary N) is 4. The molecule has 11 heteroatoms. The van der Waals surface area contributed by atoms with E-state index in [4.69, 9.17) is 9.47 Å². The van der Waals surface area contributed by atoms with Gasteiger partial charge in [-0.15, -0.1) is 0 Å². The lowest BCUT2D eigenvalue weighted by Gasteiger charge is -2.56. The number of cyclic esters (lactones) is 1. The van der Waals surface area contributed by atoms with Gasteiger partial charge >= 0.3 is 11.9 Å². The van der Waals surface area contributed by atoms with E-state index in [-0.39, 0.29) is 64.9 Å². The number of hydrogen-bond acceptors (Lipinski definition) is 11. The van der Waals surface area contributed by atoms with E-state index in [1.165, 1.54) is 23.1 Å². The number of benzene rings is 4. The van der Waals surface area contributed by atoms with Crippen molar-refractivity contribution in [3.8, 4) is 16.9 Å². The van der Waals surface area contributed by atoms with Crippen molar-refractivity contribution in [2.45, 2.75) is 166 Å². The molecule has 5 fully saturated rings. The van der Waals surface area contributed by atoms with Crippen LogP contribution >= 0.6 is 0 Å². The molecule has 12 atom stereocenters. The minimum atomic E-state index is -0.913. The molecule has 0 radical (unpaired) electrons. The fourth-order valence-electron chi connectivity index (χ4n) is 18.4. The Hall–Kier alpha value is -5.66. The molecule has 14 bridgehead atoms. The lowest BCUT2D eigenvalue weighted by molar-refractivity contribution is -0.135. The van der Waals surface area contributed by atoms with Crippen molar-refractivity contribution in [1.29, 1.82) is 0 Å². The van der Waals surface area contributed by atoms with Crippen LogP contribution in [0.15, 0.2) is 137 Å². The summed E-state index contributed by atoms with van der Waals surface area (Å²) in [6.07, 6.45) is 21.2. The molecule has 5 aliphatic heterocycles. The summed E-state index contributed by atoms with van der Waals surface area (Å²) in [5.41, 5.74) is 9.35. The number of carbonyl (C=O) groups is 2. The molecule has 11 aliphatic rings. The number of aliphatic hydroxyl groups excluding tert-OH is 1. The van der Waals surface area contributed by atoms with Crippen LogP contribution in [0.25, 0.3) is 16.7 Å². The van der Waals surface area contributed by atoms with Gasteiger partial charge in [0.25, 0.3) is 0 Å². The van der Waals surface area contributed by atoms with Crippen molar-refractivity contribution in [1.82, 2.24) is 21.3 Å². The summed E-state index contributed by atoms with van der Waals surface area (Å²) < 4.78 is 13.6. The van der Waals surface area contributed by atoms with Crippen LogP contribution in [0.1, 0.15) is 157 Å². The number of fused-ring (bicyclic) bond motifs is 5. The zero-order valence-electron chi connectivity index (χ0n) is 49.9. The molecule has 0 amide bonds. The Labute approximate surface area is 498 Å². The molecular formula is C73H90N4O7. The van der Waals surface area contributed by atoms with Crippen LogP contribution < -0.4 is 21.3 Å². The third-order valence-corrected chi connectivity index (χ3v) is 22.4. The van der Waals surface area contributed by atoms with Crippen LogP contribution in [0.4, 0.5) is 0 Å². The number of phenolic OH excluding ortho intramolecular Hbond substituents is 1. The van der Waals surface area contributed by atoms with E-state index in [0.717, 1.165) is 155 Å². The first-order chi connectivity index (χ1) is 40.9. The number of hydrogen-bond donors (Lipinski definition) is 7. The van der Waals surface area contributed by atoms with Gasteiger partial charge in [-0.1, -0.05) is 105 Å². The fourth-order valence-corrected chi connectivity index (χ4v) is 18.4. The van der Waals surface area contributed by atoms with Crippen molar-refractivity contribution in [3.63, 3.8) is 0 Å². The Kier molecular flexibility index (Phi) is 16.3. The van der Waals surface area contributed by atoms with Crippen molar-refractivity contribution in [3.05, 3.63) is 165 Å². The van der Waals surface area contributed by atoms with Gasteiger partial charge in [0.15, 0.2) is 0 Å². The van der Waals surface area contributed by atoms with E-state index in [2.05, 4.69) is 120 Å². The number of ether oxygens (including phenoxy) is 2. The van der Waals surface area contributed by atoms with Crippen LogP contribution in [0.5, 0.6) is 5.75 Å². The quantitative estimate of drug-likeness (QED) is 0.0677. The number of allylic oxidation sites excluding steroid dienone is 5. The number of carbonyl (C=O) groups excluding carboxylic acids is 2. The topological polar surface area (TPSA) is 161 Å². The number of esters is 2. The minimum absolute atomic E-state index is 0.0225. The molecule has 3 saturated carbocycles. The third kappa shape index (κ3) is 10.8. The van der Waals surface area contributed by atoms with Crippen LogP contribution in [-0.4, -0.2) is 71.8 Å². The van der Waals surface area contributed by atoms with Crippen molar-refractivity contribution in [2.24, 2.45) is 52.3 Å². The molecule has 11 nitrogen and oxygen atoms in total. The van der Waals surface area contributed by atoms with Gasteiger partial charge in [0.2, 0.25) is 0 Å². The number of piperidine rings is 1. The second-order valence-electron chi connectivity index (χ2n) is 27.3. The van der Waals surface area contributed by atoms with Gasteiger partial charge in [-0.25, -0.2) is 9.59 Å². The first-order valence-corrected chi connectivity index (χ1v) is 32.5. The predicted molar refractivity (Wildman–Crippen MR) is 330 cm³/mol. The Balaban J connectivity index is 0.982. The van der Waals surface area contributed by atoms with E-state index in [0.29, 0.717) is 54.9 Å². The SMILES string of the molecule is CCC(C=C1OC(=O)C2=C3c4cc(O)ccc4-c4cccc(c4)CNCCc4cccc(c4)C(NCC(C)O)C4CC(C5CCNC(NC)C5)(CC=C5OC(=O)C6=C5CCC5C3CCC12C65)CC4CCC1(O)CCCCC1)Cc1ccccc1. The average molecular weight is 1140 g/mol. The van der Waals surface area contributed by atoms with E-state index in [1.807, 2.05) is 25.1 Å². The number of rotatable bonds is 12. The Bertz CT molecular complexity index is 3250. The zero-order chi connectivity index (χ0) is 57.7. The molecule has 4 aromatic carbocycles. The van der Waals surface area contributed by atoms with Crippen molar-refractivity contribution >= 4 is 17.5 Å². The maximum absolute atomic E-state index is 15.4. The molecule has 5 heterocycles. The molecule has 7 N–H and O–H groups in total. The number of aliphatic hydroxyl groups is 2. The Morgan fingerprint density at radius 1 is 0.821 bits per heavy atom. The second-order valence-corrected chi connectivity index (χ2v) is 27.3. The van der Waals surface area contributed by atoms with Gasteiger partial charge in [-0.3, -0.25) is 0 Å². The van der Waals surface area contributed by atoms with E-state index in [1.54, 1.807) is 6.07 Å². The van der Waals surface area contributed by atoms with Gasteiger partial charge in [0.1, 0.15) is 17.3 Å². The normalized spacial score (nSPS) is 32.1. The maximum atomic E-state index is 15.4. The Morgan fingerprint density at radius 2 is 1.65 bits per heavy atom. The highest BCUT2D eigenvalue weighted by Gasteiger charge is 2.69. The van der Waals surface area contributed by atoms with Crippen LogP contribution in [-0.2, 0) is 38.4 Å². The third-order valence-electron chi connectivity index (χ3n) is 22.4. The van der Waals surface area contributed by atoms with E-state index >= 15 is 9.59 Å². The largest absolute Gasteiger partial charge is 0.508 e. The summed E-state index contributed by atoms with van der Waals surface area (Å²) in [6, 6.07) is 34.0. The highest BCUT2D eigenvalue weighted by Crippen LogP contribution is 2.72. The van der Waals surface area contributed by atoms with Crippen LogP contribution in [0.2, 0.25) is 0 Å². The van der Waals surface area contributed by atoms with Crippen LogP contribution in [0.3, 0.4) is 0 Å². The fraction of sp³-hybridized carbons (Fsp3) is 0.534. The van der Waals surface area contributed by atoms with Gasteiger partial charge in [0.05, 0.1) is 28.9 Å². The lowest BCUT2D eigenvalue weighted by atomic mass is 9.44. The molecule has 1 spiro atoms. The molecule has 84 heavy (non-hydrogen) atoms. The molecule has 6 aliphatic carbocycles. The number of phenols is 1. The summed E-state index contributed by atoms with van der Waals surface area (Å²) in [4.78, 5) is 30.8. The number of aromatic hydroxyl groups is 1. The summed E-state index contributed by atoms with van der Waals surface area (Å²) in [7, 11) is 2.06. The summed E-state index contributed by atoms with van der Waals surface area (Å²) in [5, 5.41) is 49.9. The van der Waals surface area contributed by atoms with E-state index in [9.17, 15) is 15.3 Å². The van der Waals surface area contributed by atoms with E-state index < -0.39 is 17.1 Å². The molecule has 4 aromatic rings. The molecule has 12 unspecified atom stereocenters. The lowest BCUT2D eigenvalue weighted by Crippen LogP contribution is -2.52. The molecule has 2 saturated heterocycles. The van der Waals surface area contributed by atoms with Crippen LogP contribution in [0, 0.1) is 52.3 Å². The van der Waals surface area contributed by atoms with Crippen molar-refractivity contribution < 1.29 is 34.4 Å². The molecule has 0 aromatic heterocycles. The highest BCUT2D eigenvalue weighted by atomic mass is 16.6. The maximum Gasteiger partial charge on any atom is 0.340 e. The minimum Gasteiger partial charge on any atom is -0.508 e. The zero-order valence-corrected chi connectivity index (χ0v) is 49.9. The van der Waals surface area contributed by atoms with Gasteiger partial charge < -0.3 is 46.1 Å². The van der Waals surface area contributed by atoms with Gasteiger partial charge in [-0.05, 0) is 246 Å². The smallest absolute Gasteiger partial charge is 0.340 e. The first kappa shape index (κ1) is 57.4. The summed E-state index contributed by atoms with van der Waals surface area (Å²) in [6.45, 7) is 6.91. The Morgan fingerprint density at radius 3 is 2.48 bits per heavy atom. The van der Waals surface area contributed by atoms with Gasteiger partial charge in [-0.2, -0.15) is 0 Å². The predicted octanol–water partition coefficient (Wildman–Crippen LogP) is 12.5. The summed E-state index contributed by atoms with van der Waals surface area (Å²) >= 11 is 0. The highest BCUT2D eigenvalue weighted by molar-refractivity contribution is 6.07. The van der Waals surface area contributed by atoms with Gasteiger partial charge in [0, 0.05) is 36.2 Å². The standard InChI is InChI=1S/C73H90N4O7/c1-4-46(35-47-13-7-5-8-14-47)38-62-73-32-24-56-57-21-22-58-61(83-69(80)65(58)66(57)73)25-30-71(53-27-34-76-63(39-53)74-3)41-52(23-31-72(82)28-9-6-10-29-72)60(42-71)68(77-43-45(2)78)51-18-11-15-48(36-51)26-33-75-44-49-16-12-17-50(37-49)55-20-19-54(79)40-59(55)64(56)67(73)70(81)84-62/h5,7-8,11-20,25,36-38,40,45-46,52-53,56-57,60,63,66,68,74-79,82H,4,6,9-10,21-24,26-35,39,41-44H2,1-3H3. The molecule has 444 valence electrons. The van der Waals surface area contributed by atoms with Crippen molar-refractivity contribution in [2.75, 3.05) is 26.7 Å². The molecule has 15 rings (SSSR count). The molecular weight excluding hydrogens is 1040 g/mol. The monoisotopic (exact) mass is 1130 g/mol. The first-order valence-electron chi connectivity index (χ1n) is 32.5. The summed E-state index contributed by atoms with van der Waals surface area (Å²) in [5.74, 6) is 1.48. The average Bonchev–Trinajstić information content (AvgIpc) is 1.56. The second kappa shape index (κ2) is 23.9.